The molecule has 0 saturated carbocycles. The highest BCUT2D eigenvalue weighted by Gasteiger charge is 2.35. The maximum absolute atomic E-state index is 6.98. The summed E-state index contributed by atoms with van der Waals surface area (Å²) < 4.78 is 11.9. The number of anilines is 3. The predicted molar refractivity (Wildman–Crippen MR) is 310 cm³/mol. The summed E-state index contributed by atoms with van der Waals surface area (Å²) in [6.45, 7) is 4.90. The Kier molecular flexibility index (Phi) is 7.94. The van der Waals surface area contributed by atoms with Crippen molar-refractivity contribution < 1.29 is 4.42 Å². The Morgan fingerprint density at radius 3 is 1.66 bits per heavy atom. The summed E-state index contributed by atoms with van der Waals surface area (Å²) in [7, 11) is 0. The first kappa shape index (κ1) is 40.5. The lowest BCUT2D eigenvalue weighted by Gasteiger charge is -2.36. The number of benzene rings is 11. The van der Waals surface area contributed by atoms with Gasteiger partial charge in [-0.25, -0.2) is 0 Å². The van der Waals surface area contributed by atoms with Crippen LogP contribution >= 0.6 is 0 Å². The van der Waals surface area contributed by atoms with Crippen LogP contribution in [0.3, 0.4) is 0 Å². The first-order valence-electron chi connectivity index (χ1n) is 26.2. The Hall–Kier alpha value is -9.12. The zero-order valence-corrected chi connectivity index (χ0v) is 41.0. The highest BCUT2D eigenvalue weighted by Crippen LogP contribution is 2.53. The van der Waals surface area contributed by atoms with E-state index >= 15 is 0 Å². The highest BCUT2D eigenvalue weighted by molar-refractivity contribution is 6.25. The minimum atomic E-state index is -0.114. The Labute approximate surface area is 426 Å². The van der Waals surface area contributed by atoms with Gasteiger partial charge in [-0.2, -0.15) is 0 Å². The molecule has 0 amide bonds. The minimum absolute atomic E-state index is 0.000105. The van der Waals surface area contributed by atoms with Gasteiger partial charge in [0.25, 0.3) is 0 Å². The Balaban J connectivity index is 0.874. The number of fused-ring (bicyclic) bond motifs is 16. The van der Waals surface area contributed by atoms with E-state index in [-0.39, 0.29) is 11.3 Å². The van der Waals surface area contributed by atoms with E-state index in [4.69, 9.17) is 4.42 Å². The number of para-hydroxylation sites is 5. The number of aryl methyl sites for hydroxylation is 1. The fourth-order valence-electron chi connectivity index (χ4n) is 14.1. The molecule has 348 valence electrons. The molecule has 5 aromatic heterocycles. The molecule has 16 aromatic rings. The van der Waals surface area contributed by atoms with Crippen molar-refractivity contribution in [2.75, 3.05) is 4.90 Å². The highest BCUT2D eigenvalue weighted by atomic mass is 16.3. The molecule has 1 aliphatic rings. The maximum atomic E-state index is 6.98. The molecule has 0 bridgehead atoms. The van der Waals surface area contributed by atoms with Crippen molar-refractivity contribution in [2.24, 2.45) is 0 Å². The molecule has 4 nitrogen and oxygen atoms in total. The Bertz CT molecular complexity index is 5000. The van der Waals surface area contributed by atoms with Crippen molar-refractivity contribution in [2.45, 2.75) is 38.0 Å². The predicted octanol–water partition coefficient (Wildman–Crippen LogP) is 18.9. The van der Waals surface area contributed by atoms with Gasteiger partial charge < -0.3 is 18.1 Å². The number of hydrogen-bond donors (Lipinski definition) is 0. The molecule has 1 atom stereocenters. The molecule has 0 fully saturated rings. The average molecular weight is 946 g/mol. The van der Waals surface area contributed by atoms with Crippen molar-refractivity contribution in [3.8, 4) is 0 Å². The first-order valence-corrected chi connectivity index (χ1v) is 26.2. The average Bonchev–Trinajstić information content (AvgIpc) is 4.24. The van der Waals surface area contributed by atoms with Crippen LogP contribution in [0.4, 0.5) is 17.1 Å². The molecule has 0 N–H and O–H groups in total. The van der Waals surface area contributed by atoms with Gasteiger partial charge in [0.1, 0.15) is 11.2 Å². The van der Waals surface area contributed by atoms with Crippen LogP contribution in [0.1, 0.15) is 54.0 Å². The summed E-state index contributed by atoms with van der Waals surface area (Å²) in [4.78, 5) is 2.51. The molecule has 5 heterocycles. The molecule has 1 aliphatic carbocycles. The van der Waals surface area contributed by atoms with Gasteiger partial charge in [0.05, 0.1) is 33.1 Å². The normalized spacial score (nSPS) is 14.3. The molecular formula is C70H47N3O. The topological polar surface area (TPSA) is 25.2 Å². The van der Waals surface area contributed by atoms with Crippen LogP contribution in [-0.4, -0.2) is 8.80 Å². The number of hydrogen-bond acceptors (Lipinski definition) is 2. The van der Waals surface area contributed by atoms with Gasteiger partial charge in [-0.1, -0.05) is 153 Å². The quantitative estimate of drug-likeness (QED) is 0.155. The van der Waals surface area contributed by atoms with Gasteiger partial charge in [0.2, 0.25) is 0 Å². The van der Waals surface area contributed by atoms with Gasteiger partial charge in [0.15, 0.2) is 0 Å². The maximum Gasteiger partial charge on any atom is 0.136 e. The molecule has 0 saturated heterocycles. The molecule has 0 unspecified atom stereocenters. The lowest BCUT2D eigenvalue weighted by Crippen LogP contribution is -2.25. The third kappa shape index (κ3) is 5.31. The number of nitrogens with zero attached hydrogens (tertiary/aromatic N) is 3. The van der Waals surface area contributed by atoms with Crippen LogP contribution in [0.15, 0.2) is 223 Å². The molecule has 0 spiro atoms. The Morgan fingerprint density at radius 1 is 0.419 bits per heavy atom. The summed E-state index contributed by atoms with van der Waals surface area (Å²) in [5, 5.41) is 15.4. The van der Waals surface area contributed by atoms with E-state index in [0.29, 0.717) is 0 Å². The number of furan rings is 1. The summed E-state index contributed by atoms with van der Waals surface area (Å²) in [5.41, 5.74) is 19.5. The summed E-state index contributed by atoms with van der Waals surface area (Å²) in [5.74, 6) is -0.000105. The van der Waals surface area contributed by atoms with Gasteiger partial charge >= 0.3 is 0 Å². The van der Waals surface area contributed by atoms with Gasteiger partial charge in [0, 0.05) is 76.8 Å². The second kappa shape index (κ2) is 14.5. The Morgan fingerprint density at radius 2 is 0.973 bits per heavy atom. The van der Waals surface area contributed by atoms with Crippen molar-refractivity contribution >= 4 is 126 Å². The third-order valence-corrected chi connectivity index (χ3v) is 17.3. The molecule has 17 rings (SSSR count). The smallest absolute Gasteiger partial charge is 0.136 e. The van der Waals surface area contributed by atoms with Gasteiger partial charge in [-0.15, -0.1) is 0 Å². The van der Waals surface area contributed by atoms with Crippen LogP contribution in [0.2, 0.25) is 0 Å². The van der Waals surface area contributed by atoms with Crippen LogP contribution in [0.25, 0.3) is 109 Å². The molecule has 0 aliphatic heterocycles. The van der Waals surface area contributed by atoms with Crippen LogP contribution in [0, 0.1) is 0 Å². The van der Waals surface area contributed by atoms with E-state index in [9.17, 15) is 0 Å². The monoisotopic (exact) mass is 945 g/mol. The van der Waals surface area contributed by atoms with E-state index in [0.717, 1.165) is 35.4 Å². The van der Waals surface area contributed by atoms with Crippen molar-refractivity contribution in [1.82, 2.24) is 8.80 Å². The second-order valence-corrected chi connectivity index (χ2v) is 21.6. The van der Waals surface area contributed by atoms with E-state index in [2.05, 4.69) is 246 Å². The third-order valence-electron chi connectivity index (χ3n) is 17.3. The van der Waals surface area contributed by atoms with Gasteiger partial charge in [-0.3, -0.25) is 0 Å². The summed E-state index contributed by atoms with van der Waals surface area (Å²) >= 11 is 0. The van der Waals surface area contributed by atoms with Crippen LogP contribution < -0.4 is 4.90 Å². The molecule has 11 aromatic carbocycles. The van der Waals surface area contributed by atoms with Crippen LogP contribution in [-0.2, 0) is 11.8 Å². The standard InChI is InChI=1S/C70H47N3O/c1-70(2)36-35-53-59(71(45-17-7-4-8-18-45)46-30-33-61-55(40-46)52-24-14-22-50-48-20-10-12-26-58(48)73(61)69(50)52)31-28-44-39-63-66(67(70)65(44)53)56-38-43(29-34-62(56)74-63)64(41-15-5-3-6-16-41)42-27-32-60-54(37-42)51-23-13-21-49-47-19-9-11-25-57(47)72(60)68(49)51/h3-34,37-40,64H,35-36H2,1-2H3/t64-/m0/s1. The lowest BCUT2D eigenvalue weighted by atomic mass is 9.70. The molecule has 4 heteroatoms. The minimum Gasteiger partial charge on any atom is -0.456 e. The second-order valence-electron chi connectivity index (χ2n) is 21.6. The van der Waals surface area contributed by atoms with E-state index in [1.807, 2.05) is 0 Å². The fourth-order valence-corrected chi connectivity index (χ4v) is 14.1. The summed E-state index contributed by atoms with van der Waals surface area (Å²) in [6.07, 6.45) is 1.98. The van der Waals surface area contributed by atoms with E-state index < -0.39 is 0 Å². The van der Waals surface area contributed by atoms with E-state index in [1.54, 1.807) is 0 Å². The summed E-state index contributed by atoms with van der Waals surface area (Å²) in [6, 6.07) is 81.6. The molecule has 74 heavy (non-hydrogen) atoms. The SMILES string of the molecule is CC1(C)CCc2c(N(c3ccccc3)c3ccc4c(c3)c3cccc5c6ccccc6n4c53)ccc3cc4oc5ccc([C@@H](c6ccccc6)c6ccc7c(c6)c6cccc8c9ccccc9n7c86)cc5c4c1c23. The zero-order valence-electron chi connectivity index (χ0n) is 41.0. The molecule has 0 radical (unpaired) electrons. The zero-order chi connectivity index (χ0) is 48.6. The van der Waals surface area contributed by atoms with E-state index in [1.165, 1.54) is 131 Å². The fraction of sp³-hybridized carbons (Fsp3) is 0.0857. The molecular weight excluding hydrogens is 899 g/mol. The van der Waals surface area contributed by atoms with Crippen molar-refractivity contribution in [3.05, 3.63) is 246 Å². The lowest BCUT2D eigenvalue weighted by molar-refractivity contribution is 0.478. The largest absolute Gasteiger partial charge is 0.456 e. The van der Waals surface area contributed by atoms with Gasteiger partial charge in [-0.05, 0) is 136 Å². The van der Waals surface area contributed by atoms with Crippen molar-refractivity contribution in [1.29, 1.82) is 0 Å². The number of aromatic nitrogens is 2. The first-order chi connectivity index (χ1) is 36.5. The van der Waals surface area contributed by atoms with Crippen molar-refractivity contribution in [3.63, 3.8) is 0 Å². The number of rotatable bonds is 6. The van der Waals surface area contributed by atoms with Crippen LogP contribution in [0.5, 0.6) is 0 Å².